The largest absolute Gasteiger partial charge is 0.352 e. The Bertz CT molecular complexity index is 542. The van der Waals surface area contributed by atoms with Gasteiger partial charge in [0, 0.05) is 5.56 Å². The first-order chi connectivity index (χ1) is 8.23. The fraction of sp³-hybridized carbons (Fsp3) is 0.364. The number of ketones is 1. The molecule has 0 heterocycles. The molecule has 0 amide bonds. The van der Waals surface area contributed by atoms with Gasteiger partial charge in [0.05, 0.1) is 11.0 Å². The fourth-order valence-electron chi connectivity index (χ4n) is 1.34. The first kappa shape index (κ1) is 15.1. The summed E-state index contributed by atoms with van der Waals surface area (Å²) in [6, 6.07) is 5.60. The molecule has 0 saturated heterocycles. The van der Waals surface area contributed by atoms with E-state index >= 15 is 0 Å². The molecule has 100 valence electrons. The Morgan fingerprint density at radius 2 is 1.89 bits per heavy atom. The van der Waals surface area contributed by atoms with E-state index in [1.807, 2.05) is 0 Å². The zero-order valence-electron chi connectivity index (χ0n) is 9.96. The summed E-state index contributed by atoms with van der Waals surface area (Å²) in [6.07, 6.45) is -0.252. The zero-order chi connectivity index (χ0) is 13.9. The van der Waals surface area contributed by atoms with E-state index in [0.29, 0.717) is 0 Å². The Labute approximate surface area is 111 Å². The highest BCUT2D eigenvalue weighted by Gasteiger charge is 2.25. The average molecular weight is 292 g/mol. The second-order valence-electron chi connectivity index (χ2n) is 3.91. The molecule has 1 aromatic carbocycles. The van der Waals surface area contributed by atoms with Gasteiger partial charge in [-0.25, -0.2) is 13.6 Å². The first-order valence-electron chi connectivity index (χ1n) is 5.19. The first-order valence-corrected chi connectivity index (χ1v) is 7.17. The summed E-state index contributed by atoms with van der Waals surface area (Å²) in [7, 11) is -3.98. The summed E-state index contributed by atoms with van der Waals surface area (Å²) in [5, 5.41) is 5.03. The average Bonchev–Trinajstić information content (AvgIpc) is 2.26. The second kappa shape index (κ2) is 5.79. The van der Waals surface area contributed by atoms with Gasteiger partial charge in [-0.05, 0) is 26.0 Å². The molecule has 1 atom stereocenters. The van der Waals surface area contributed by atoms with Crippen molar-refractivity contribution >= 4 is 27.4 Å². The molecule has 0 radical (unpaired) electrons. The maximum Gasteiger partial charge on any atom is 0.238 e. The van der Waals surface area contributed by atoms with Crippen LogP contribution in [0, 0.1) is 0 Å². The van der Waals surface area contributed by atoms with Crippen LogP contribution in [0.15, 0.2) is 29.2 Å². The summed E-state index contributed by atoms with van der Waals surface area (Å²) in [4.78, 5) is 11.7. The van der Waals surface area contributed by atoms with E-state index in [4.69, 9.17) is 21.5 Å². The quantitative estimate of drug-likeness (QED) is 0.658. The van der Waals surface area contributed by atoms with Crippen LogP contribution in [0.5, 0.6) is 0 Å². The smallest absolute Gasteiger partial charge is 0.238 e. The van der Waals surface area contributed by atoms with Crippen LogP contribution in [-0.4, -0.2) is 25.9 Å². The summed E-state index contributed by atoms with van der Waals surface area (Å²) in [6.45, 7) is 3.43. The monoisotopic (exact) mass is 291 g/mol. The summed E-state index contributed by atoms with van der Waals surface area (Å²) < 4.78 is 27.8. The fourth-order valence-corrected chi connectivity index (χ4v) is 2.41. The minimum absolute atomic E-state index is 0.0688. The molecule has 1 rings (SSSR count). The summed E-state index contributed by atoms with van der Waals surface area (Å²) in [5.74, 6) is -0.630. The number of Topliss-reactive ketones (excluding diaryl/α,β-unsaturated/α-hetero) is 1. The van der Waals surface area contributed by atoms with Gasteiger partial charge in [-0.15, -0.1) is 0 Å². The highest BCUT2D eigenvalue weighted by molar-refractivity contribution is 7.89. The molecule has 7 heteroatoms. The maximum atomic E-state index is 12.0. The van der Waals surface area contributed by atoms with Crippen LogP contribution >= 0.6 is 11.6 Å². The number of rotatable bonds is 5. The number of halogens is 1. The van der Waals surface area contributed by atoms with Crippen molar-refractivity contribution in [3.05, 3.63) is 29.8 Å². The number of primary sulfonamides is 1. The summed E-state index contributed by atoms with van der Waals surface area (Å²) >= 11 is 5.78. The number of ether oxygens (including phenoxy) is 1. The molecule has 0 aliphatic rings. The standard InChI is InChI=1S/C11H14ClNO4S/c1-7(2)17-11(12)10(14)8-5-3-4-6-9(8)18(13,15)16/h3-7,11H,1-2H3,(H2,13,15,16). The molecule has 0 bridgehead atoms. The molecule has 0 aliphatic carbocycles. The van der Waals surface area contributed by atoms with E-state index in [9.17, 15) is 13.2 Å². The molecule has 0 spiro atoms. The molecule has 0 saturated carbocycles. The van der Waals surface area contributed by atoms with Gasteiger partial charge in [0.15, 0.2) is 5.56 Å². The number of alkyl halides is 1. The molecule has 1 aromatic rings. The Morgan fingerprint density at radius 1 is 1.33 bits per heavy atom. The number of carbonyl (C=O) groups is 1. The van der Waals surface area contributed by atoms with Crippen molar-refractivity contribution in [3.8, 4) is 0 Å². The maximum absolute atomic E-state index is 12.0. The topological polar surface area (TPSA) is 86.5 Å². The molecule has 2 N–H and O–H groups in total. The van der Waals surface area contributed by atoms with Crippen molar-refractivity contribution < 1.29 is 17.9 Å². The van der Waals surface area contributed by atoms with Crippen LogP contribution in [0.2, 0.25) is 0 Å². The summed E-state index contributed by atoms with van der Waals surface area (Å²) in [5.41, 5.74) is -1.31. The molecular weight excluding hydrogens is 278 g/mol. The molecule has 0 fully saturated rings. The molecule has 18 heavy (non-hydrogen) atoms. The predicted molar refractivity (Wildman–Crippen MR) is 68.0 cm³/mol. The van der Waals surface area contributed by atoms with E-state index in [0.717, 1.165) is 0 Å². The van der Waals surface area contributed by atoms with Crippen LogP contribution < -0.4 is 5.14 Å². The SMILES string of the molecule is CC(C)OC(Cl)C(=O)c1ccccc1S(N)(=O)=O. The lowest BCUT2D eigenvalue weighted by atomic mass is 10.1. The minimum Gasteiger partial charge on any atom is -0.352 e. The normalized spacial score (nSPS) is 13.6. The van der Waals surface area contributed by atoms with Gasteiger partial charge in [0.1, 0.15) is 0 Å². The molecule has 0 aliphatic heterocycles. The molecule has 0 aromatic heterocycles. The number of nitrogens with two attached hydrogens (primary N) is 1. The third-order valence-electron chi connectivity index (χ3n) is 2.06. The van der Waals surface area contributed by atoms with Gasteiger partial charge in [-0.2, -0.15) is 0 Å². The molecule has 1 unspecified atom stereocenters. The van der Waals surface area contributed by atoms with Gasteiger partial charge in [-0.1, -0.05) is 23.7 Å². The Hall–Kier alpha value is -0.950. The third-order valence-corrected chi connectivity index (χ3v) is 3.33. The lowest BCUT2D eigenvalue weighted by Crippen LogP contribution is -2.25. The Balaban J connectivity index is 3.14. The van der Waals surface area contributed by atoms with Crippen molar-refractivity contribution in [3.63, 3.8) is 0 Å². The van der Waals surface area contributed by atoms with Gasteiger partial charge in [0.2, 0.25) is 15.8 Å². The van der Waals surface area contributed by atoms with Crippen LogP contribution in [0.1, 0.15) is 24.2 Å². The number of hydrogen-bond donors (Lipinski definition) is 1. The third kappa shape index (κ3) is 3.78. The number of hydrogen-bond acceptors (Lipinski definition) is 4. The van der Waals surface area contributed by atoms with E-state index < -0.39 is 21.4 Å². The minimum atomic E-state index is -3.98. The molecule has 5 nitrogen and oxygen atoms in total. The lowest BCUT2D eigenvalue weighted by Gasteiger charge is -2.14. The van der Waals surface area contributed by atoms with Gasteiger partial charge in [0.25, 0.3) is 0 Å². The van der Waals surface area contributed by atoms with Crippen LogP contribution in [0.25, 0.3) is 0 Å². The second-order valence-corrected chi connectivity index (χ2v) is 5.83. The van der Waals surface area contributed by atoms with Crippen LogP contribution in [0.3, 0.4) is 0 Å². The van der Waals surface area contributed by atoms with Crippen molar-refractivity contribution in [1.82, 2.24) is 0 Å². The zero-order valence-corrected chi connectivity index (χ0v) is 11.5. The highest BCUT2D eigenvalue weighted by atomic mass is 35.5. The van der Waals surface area contributed by atoms with Crippen LogP contribution in [0.4, 0.5) is 0 Å². The highest BCUT2D eigenvalue weighted by Crippen LogP contribution is 2.19. The lowest BCUT2D eigenvalue weighted by molar-refractivity contribution is 0.0434. The van der Waals surface area contributed by atoms with Crippen molar-refractivity contribution in [1.29, 1.82) is 0 Å². The van der Waals surface area contributed by atoms with E-state index in [1.165, 1.54) is 24.3 Å². The van der Waals surface area contributed by atoms with Crippen molar-refractivity contribution in [2.75, 3.05) is 0 Å². The number of benzene rings is 1. The van der Waals surface area contributed by atoms with Gasteiger partial charge in [-0.3, -0.25) is 4.79 Å². The molecular formula is C11H14ClNO4S. The van der Waals surface area contributed by atoms with Crippen molar-refractivity contribution in [2.24, 2.45) is 5.14 Å². The number of sulfonamides is 1. The Kier molecular flexibility index (Phi) is 4.86. The Morgan fingerprint density at radius 3 is 2.39 bits per heavy atom. The van der Waals surface area contributed by atoms with Crippen molar-refractivity contribution in [2.45, 2.75) is 30.4 Å². The number of carbonyl (C=O) groups excluding carboxylic acids is 1. The van der Waals surface area contributed by atoms with E-state index in [1.54, 1.807) is 13.8 Å². The van der Waals surface area contributed by atoms with E-state index in [2.05, 4.69) is 0 Å². The van der Waals surface area contributed by atoms with Crippen LogP contribution in [-0.2, 0) is 14.8 Å². The predicted octanol–water partition coefficient (Wildman–Crippen LogP) is 1.51. The van der Waals surface area contributed by atoms with E-state index in [-0.39, 0.29) is 16.6 Å². The van der Waals surface area contributed by atoms with Gasteiger partial charge < -0.3 is 4.74 Å². The van der Waals surface area contributed by atoms with Gasteiger partial charge >= 0.3 is 0 Å².